The Kier molecular flexibility index (Phi) is 3.75. The zero-order valence-corrected chi connectivity index (χ0v) is 15.3. The number of nitrogens with two attached hydrogens (primary N) is 1. The normalized spacial score (nSPS) is 35.6. The van der Waals surface area contributed by atoms with Gasteiger partial charge in [0.2, 0.25) is 0 Å². The van der Waals surface area contributed by atoms with Crippen LogP contribution in [0.4, 0.5) is 5.69 Å². The van der Waals surface area contributed by atoms with Gasteiger partial charge in [0.25, 0.3) is 0 Å². The Morgan fingerprint density at radius 2 is 2.04 bits per heavy atom. The highest BCUT2D eigenvalue weighted by molar-refractivity contribution is 5.60. The molecule has 3 aliphatic carbocycles. The molecule has 4 rings (SSSR count). The number of hydrogen-bond donors (Lipinski definition) is 1. The minimum atomic E-state index is 0.466. The maximum Gasteiger partial charge on any atom is 0.0477 e. The second-order valence-corrected chi connectivity index (χ2v) is 8.24. The predicted octanol–water partition coefficient (Wildman–Crippen LogP) is 5.44. The standard InChI is InChI=1S/C23H29N/c1-4-6-16-13-20-15(14-22(16)24)7-9-19-18(20)11-12-23(3)17(5-2)8-10-21(19)23/h5,13-14,18-19,21H,7-12,24H2,1-3H3/t18?,19?,21?,23-/m1/s1. The van der Waals surface area contributed by atoms with Crippen LogP contribution in [0.3, 0.4) is 0 Å². The molecule has 0 heterocycles. The lowest BCUT2D eigenvalue weighted by Crippen LogP contribution is -2.40. The highest BCUT2D eigenvalue weighted by Crippen LogP contribution is 2.62. The topological polar surface area (TPSA) is 26.0 Å². The van der Waals surface area contributed by atoms with Crippen molar-refractivity contribution in [3.8, 4) is 11.8 Å². The van der Waals surface area contributed by atoms with Crippen LogP contribution < -0.4 is 5.73 Å². The van der Waals surface area contributed by atoms with Gasteiger partial charge >= 0.3 is 0 Å². The van der Waals surface area contributed by atoms with Crippen molar-refractivity contribution in [2.75, 3.05) is 5.73 Å². The van der Waals surface area contributed by atoms with E-state index in [1.807, 2.05) is 6.92 Å². The second-order valence-electron chi connectivity index (χ2n) is 8.24. The first kappa shape index (κ1) is 15.8. The van der Waals surface area contributed by atoms with E-state index in [1.165, 1.54) is 44.1 Å². The number of nitrogen functional groups attached to an aromatic ring is 1. The quantitative estimate of drug-likeness (QED) is 0.384. The van der Waals surface area contributed by atoms with Gasteiger partial charge in [-0.05, 0) is 98.8 Å². The summed E-state index contributed by atoms with van der Waals surface area (Å²) in [6, 6.07) is 4.54. The molecule has 0 amide bonds. The zero-order valence-electron chi connectivity index (χ0n) is 15.3. The molecule has 1 heteroatoms. The molecule has 0 spiro atoms. The molecular weight excluding hydrogens is 290 g/mol. The van der Waals surface area contributed by atoms with E-state index >= 15 is 0 Å². The van der Waals surface area contributed by atoms with Crippen LogP contribution in [0.1, 0.15) is 75.5 Å². The molecule has 3 aliphatic rings. The van der Waals surface area contributed by atoms with Crippen LogP contribution in [0.2, 0.25) is 0 Å². The van der Waals surface area contributed by atoms with Crippen molar-refractivity contribution in [1.82, 2.24) is 0 Å². The third-order valence-corrected chi connectivity index (χ3v) is 7.35. The van der Waals surface area contributed by atoms with E-state index in [-0.39, 0.29) is 0 Å². The maximum atomic E-state index is 6.23. The number of fused-ring (bicyclic) bond motifs is 5. The molecule has 2 N–H and O–H groups in total. The lowest BCUT2D eigenvalue weighted by molar-refractivity contribution is 0.0814. The second kappa shape index (κ2) is 5.69. The largest absolute Gasteiger partial charge is 0.398 e. The van der Waals surface area contributed by atoms with Gasteiger partial charge < -0.3 is 5.73 Å². The van der Waals surface area contributed by atoms with E-state index in [0.29, 0.717) is 5.41 Å². The van der Waals surface area contributed by atoms with Crippen LogP contribution >= 0.6 is 0 Å². The monoisotopic (exact) mass is 319 g/mol. The molecule has 0 aliphatic heterocycles. The van der Waals surface area contributed by atoms with Crippen molar-refractivity contribution in [3.05, 3.63) is 40.5 Å². The van der Waals surface area contributed by atoms with Gasteiger partial charge in [-0.3, -0.25) is 0 Å². The van der Waals surface area contributed by atoms with Crippen LogP contribution in [0.15, 0.2) is 23.8 Å². The van der Waals surface area contributed by atoms with E-state index < -0.39 is 0 Å². The average Bonchev–Trinajstić information content (AvgIpc) is 2.92. The minimum Gasteiger partial charge on any atom is -0.398 e. The van der Waals surface area contributed by atoms with Gasteiger partial charge in [0.1, 0.15) is 0 Å². The van der Waals surface area contributed by atoms with E-state index in [2.05, 4.69) is 43.9 Å². The van der Waals surface area contributed by atoms with Crippen LogP contribution in [0.5, 0.6) is 0 Å². The van der Waals surface area contributed by atoms with Crippen LogP contribution in [-0.2, 0) is 6.42 Å². The van der Waals surface area contributed by atoms with Gasteiger partial charge in [-0.15, -0.1) is 5.92 Å². The molecule has 24 heavy (non-hydrogen) atoms. The van der Waals surface area contributed by atoms with Crippen molar-refractivity contribution in [2.24, 2.45) is 17.3 Å². The Hall–Kier alpha value is -1.68. The molecule has 3 unspecified atom stereocenters. The van der Waals surface area contributed by atoms with Crippen molar-refractivity contribution in [2.45, 2.75) is 65.2 Å². The number of benzene rings is 1. The van der Waals surface area contributed by atoms with Gasteiger partial charge in [0.15, 0.2) is 0 Å². The van der Waals surface area contributed by atoms with Crippen molar-refractivity contribution >= 4 is 5.69 Å². The summed E-state index contributed by atoms with van der Waals surface area (Å²) in [5.41, 5.74) is 13.4. The fraction of sp³-hybridized carbons (Fsp3) is 0.565. The third kappa shape index (κ3) is 2.16. The molecule has 0 aromatic heterocycles. The molecule has 2 fully saturated rings. The summed E-state index contributed by atoms with van der Waals surface area (Å²) < 4.78 is 0. The lowest BCUT2D eigenvalue weighted by atomic mass is 9.55. The summed E-state index contributed by atoms with van der Waals surface area (Å²) in [6.07, 6.45) is 10.3. The van der Waals surface area contributed by atoms with E-state index in [4.69, 9.17) is 5.73 Å². The van der Waals surface area contributed by atoms with Crippen molar-refractivity contribution in [3.63, 3.8) is 0 Å². The molecule has 4 atom stereocenters. The Labute approximate surface area is 146 Å². The number of aryl methyl sites for hydroxylation is 1. The summed E-state index contributed by atoms with van der Waals surface area (Å²) >= 11 is 0. The Balaban J connectivity index is 1.74. The van der Waals surface area contributed by atoms with Crippen LogP contribution in [0.25, 0.3) is 0 Å². The molecule has 0 saturated heterocycles. The summed E-state index contributed by atoms with van der Waals surface area (Å²) in [4.78, 5) is 0. The van der Waals surface area contributed by atoms with E-state index in [1.54, 1.807) is 11.1 Å². The minimum absolute atomic E-state index is 0.466. The van der Waals surface area contributed by atoms with Crippen molar-refractivity contribution < 1.29 is 0 Å². The first-order valence-electron chi connectivity index (χ1n) is 9.59. The van der Waals surface area contributed by atoms with E-state index in [0.717, 1.165) is 29.0 Å². The average molecular weight is 319 g/mol. The zero-order chi connectivity index (χ0) is 16.9. The first-order chi connectivity index (χ1) is 11.6. The molecule has 0 bridgehead atoms. The van der Waals surface area contributed by atoms with Gasteiger partial charge in [-0.25, -0.2) is 0 Å². The molecule has 2 saturated carbocycles. The van der Waals surface area contributed by atoms with Gasteiger partial charge in [-0.2, -0.15) is 0 Å². The van der Waals surface area contributed by atoms with E-state index in [9.17, 15) is 0 Å². The van der Waals surface area contributed by atoms with Crippen LogP contribution in [-0.4, -0.2) is 0 Å². The fourth-order valence-electron chi connectivity index (χ4n) is 6.21. The molecule has 0 radical (unpaired) electrons. The predicted molar refractivity (Wildman–Crippen MR) is 102 cm³/mol. The number of anilines is 1. The SMILES string of the molecule is CC#Cc1cc2c(cc1N)CCC1C2CC[C@]2(C)C(=CC)CCC12. The lowest BCUT2D eigenvalue weighted by Gasteiger charge is -2.49. The maximum absolute atomic E-state index is 6.23. The third-order valence-electron chi connectivity index (χ3n) is 7.35. The summed E-state index contributed by atoms with van der Waals surface area (Å²) in [5.74, 6) is 8.67. The molecule has 126 valence electrons. The molecule has 1 aromatic carbocycles. The Bertz CT molecular complexity index is 760. The van der Waals surface area contributed by atoms with Crippen molar-refractivity contribution in [1.29, 1.82) is 0 Å². The highest BCUT2D eigenvalue weighted by Gasteiger charge is 2.52. The number of rotatable bonds is 0. The number of hydrogen-bond acceptors (Lipinski definition) is 1. The number of allylic oxidation sites excluding steroid dienone is 2. The summed E-state index contributed by atoms with van der Waals surface area (Å²) in [6.45, 7) is 6.68. The van der Waals surface area contributed by atoms with Gasteiger partial charge in [-0.1, -0.05) is 24.5 Å². The molecule has 1 nitrogen and oxygen atoms in total. The van der Waals surface area contributed by atoms with Crippen LogP contribution in [0, 0.1) is 29.1 Å². The van der Waals surface area contributed by atoms with Gasteiger partial charge in [0.05, 0.1) is 0 Å². The molecular formula is C23H29N. The fourth-order valence-corrected chi connectivity index (χ4v) is 6.21. The molecule has 1 aromatic rings. The van der Waals surface area contributed by atoms with Gasteiger partial charge in [0, 0.05) is 11.3 Å². The Morgan fingerprint density at radius 3 is 2.79 bits per heavy atom. The summed E-state index contributed by atoms with van der Waals surface area (Å²) in [7, 11) is 0. The first-order valence-corrected chi connectivity index (χ1v) is 9.59. The summed E-state index contributed by atoms with van der Waals surface area (Å²) in [5, 5.41) is 0. The Morgan fingerprint density at radius 1 is 1.21 bits per heavy atom. The smallest absolute Gasteiger partial charge is 0.0477 e. The highest BCUT2D eigenvalue weighted by atomic mass is 14.6.